The molecule has 1 amide bonds. The molecule has 5 nitrogen and oxygen atoms in total. The summed E-state index contributed by atoms with van der Waals surface area (Å²) < 4.78 is 5.26. The molecule has 0 unspecified atom stereocenters. The lowest BCUT2D eigenvalue weighted by Gasteiger charge is -2.11. The Balaban J connectivity index is 1.91. The van der Waals surface area contributed by atoms with Gasteiger partial charge in [-0.15, -0.1) is 0 Å². The lowest BCUT2D eigenvalue weighted by atomic mass is 10.0. The quantitative estimate of drug-likeness (QED) is 0.853. The summed E-state index contributed by atoms with van der Waals surface area (Å²) in [5, 5.41) is 6.94. The fourth-order valence-corrected chi connectivity index (χ4v) is 2.39. The van der Waals surface area contributed by atoms with Crippen molar-refractivity contribution in [2.24, 2.45) is 5.92 Å². The maximum absolute atomic E-state index is 11.9. The summed E-state index contributed by atoms with van der Waals surface area (Å²) in [5.74, 6) is 1.33. The molecule has 0 spiro atoms. The number of nitrogens with zero attached hydrogens (tertiary/aromatic N) is 2. The molecule has 0 fully saturated rings. The first-order valence-electron chi connectivity index (χ1n) is 7.82. The Bertz CT molecular complexity index is 618. The number of hydrogen-bond acceptors (Lipinski definition) is 4. The summed E-state index contributed by atoms with van der Waals surface area (Å²) in [5.41, 5.74) is 2.08. The second kappa shape index (κ2) is 7.73. The van der Waals surface area contributed by atoms with E-state index in [-0.39, 0.29) is 11.8 Å². The molecule has 1 heterocycles. The van der Waals surface area contributed by atoms with Crippen LogP contribution in [0.3, 0.4) is 0 Å². The molecule has 0 saturated heterocycles. The standard InChI is InChI=1S/C17H23N3O2/c1-4-13(5-2)17(21)18-11-10-15-19-16(20-22-15)14-9-7-6-8-12(14)3/h6-9,13H,4-5,10-11H2,1-3H3,(H,18,21). The third kappa shape index (κ3) is 3.93. The van der Waals surface area contributed by atoms with E-state index < -0.39 is 0 Å². The zero-order valence-electron chi connectivity index (χ0n) is 13.4. The van der Waals surface area contributed by atoms with Crippen LogP contribution in [0, 0.1) is 12.8 Å². The zero-order valence-corrected chi connectivity index (χ0v) is 13.4. The molecule has 118 valence electrons. The summed E-state index contributed by atoms with van der Waals surface area (Å²) in [7, 11) is 0. The fourth-order valence-electron chi connectivity index (χ4n) is 2.39. The van der Waals surface area contributed by atoms with Crippen LogP contribution in [-0.4, -0.2) is 22.6 Å². The Morgan fingerprint density at radius 3 is 2.68 bits per heavy atom. The predicted molar refractivity (Wildman–Crippen MR) is 85.3 cm³/mol. The van der Waals surface area contributed by atoms with Crippen LogP contribution >= 0.6 is 0 Å². The SMILES string of the molecule is CCC(CC)C(=O)NCCc1nc(-c2ccccc2C)no1. The molecule has 0 aliphatic heterocycles. The summed E-state index contributed by atoms with van der Waals surface area (Å²) in [6, 6.07) is 7.92. The predicted octanol–water partition coefficient (Wildman–Crippen LogP) is 3.14. The highest BCUT2D eigenvalue weighted by Crippen LogP contribution is 2.19. The molecule has 0 aliphatic carbocycles. The van der Waals surface area contributed by atoms with Crippen molar-refractivity contribution in [1.29, 1.82) is 0 Å². The minimum Gasteiger partial charge on any atom is -0.355 e. The van der Waals surface area contributed by atoms with Crippen molar-refractivity contribution in [3.63, 3.8) is 0 Å². The highest BCUT2D eigenvalue weighted by Gasteiger charge is 2.14. The van der Waals surface area contributed by atoms with Gasteiger partial charge in [0.15, 0.2) is 0 Å². The summed E-state index contributed by atoms with van der Waals surface area (Å²) in [6.45, 7) is 6.59. The van der Waals surface area contributed by atoms with Crippen molar-refractivity contribution in [3.8, 4) is 11.4 Å². The molecular formula is C17H23N3O2. The number of carbonyl (C=O) groups excluding carboxylic acids is 1. The first kappa shape index (κ1) is 16.2. The third-order valence-electron chi connectivity index (χ3n) is 3.85. The molecule has 1 aromatic carbocycles. The first-order valence-corrected chi connectivity index (χ1v) is 7.82. The van der Waals surface area contributed by atoms with Gasteiger partial charge >= 0.3 is 0 Å². The largest absolute Gasteiger partial charge is 0.355 e. The molecule has 5 heteroatoms. The van der Waals surface area contributed by atoms with E-state index in [1.54, 1.807) is 0 Å². The van der Waals surface area contributed by atoms with Crippen LogP contribution < -0.4 is 5.32 Å². The number of nitrogens with one attached hydrogen (secondary N) is 1. The molecule has 1 aromatic heterocycles. The number of benzene rings is 1. The monoisotopic (exact) mass is 301 g/mol. The highest BCUT2D eigenvalue weighted by molar-refractivity contribution is 5.78. The molecule has 2 rings (SSSR count). The van der Waals surface area contributed by atoms with Gasteiger partial charge in [0, 0.05) is 24.4 Å². The van der Waals surface area contributed by atoms with Crippen LogP contribution in [0.1, 0.15) is 38.1 Å². The van der Waals surface area contributed by atoms with Gasteiger partial charge in [0.2, 0.25) is 17.6 Å². The van der Waals surface area contributed by atoms with Gasteiger partial charge < -0.3 is 9.84 Å². The van der Waals surface area contributed by atoms with Gasteiger partial charge in [0.05, 0.1) is 0 Å². The number of carbonyl (C=O) groups is 1. The Hall–Kier alpha value is -2.17. The lowest BCUT2D eigenvalue weighted by molar-refractivity contribution is -0.125. The van der Waals surface area contributed by atoms with E-state index >= 15 is 0 Å². The van der Waals surface area contributed by atoms with Crippen LogP contribution in [-0.2, 0) is 11.2 Å². The van der Waals surface area contributed by atoms with Crippen LogP contribution in [0.25, 0.3) is 11.4 Å². The van der Waals surface area contributed by atoms with E-state index in [0.29, 0.717) is 24.7 Å². The summed E-state index contributed by atoms with van der Waals surface area (Å²) in [4.78, 5) is 16.3. The van der Waals surface area contributed by atoms with E-state index in [1.807, 2.05) is 45.0 Å². The average molecular weight is 301 g/mol. The van der Waals surface area contributed by atoms with Crippen LogP contribution in [0.5, 0.6) is 0 Å². The van der Waals surface area contributed by atoms with Crippen molar-refractivity contribution in [2.45, 2.75) is 40.0 Å². The van der Waals surface area contributed by atoms with Gasteiger partial charge in [-0.1, -0.05) is 43.3 Å². The van der Waals surface area contributed by atoms with Crippen LogP contribution in [0.2, 0.25) is 0 Å². The van der Waals surface area contributed by atoms with Gasteiger partial charge in [-0.05, 0) is 25.3 Å². The van der Waals surface area contributed by atoms with Gasteiger partial charge in [0.25, 0.3) is 0 Å². The first-order chi connectivity index (χ1) is 10.7. The minimum absolute atomic E-state index is 0.0882. The Morgan fingerprint density at radius 1 is 1.27 bits per heavy atom. The van der Waals surface area contributed by atoms with Gasteiger partial charge in [-0.25, -0.2) is 0 Å². The topological polar surface area (TPSA) is 68.0 Å². The maximum Gasteiger partial charge on any atom is 0.228 e. The fraction of sp³-hybridized carbons (Fsp3) is 0.471. The molecule has 0 bridgehead atoms. The van der Waals surface area contributed by atoms with Gasteiger partial charge in [-0.3, -0.25) is 4.79 Å². The number of hydrogen-bond donors (Lipinski definition) is 1. The number of aromatic nitrogens is 2. The third-order valence-corrected chi connectivity index (χ3v) is 3.85. The smallest absolute Gasteiger partial charge is 0.228 e. The molecule has 0 aliphatic rings. The van der Waals surface area contributed by atoms with Crippen molar-refractivity contribution >= 4 is 5.91 Å². The molecule has 1 N–H and O–H groups in total. The second-order valence-electron chi connectivity index (χ2n) is 5.38. The van der Waals surface area contributed by atoms with Crippen molar-refractivity contribution in [1.82, 2.24) is 15.5 Å². The molecule has 0 saturated carbocycles. The van der Waals surface area contributed by atoms with Crippen molar-refractivity contribution in [2.75, 3.05) is 6.54 Å². The Morgan fingerprint density at radius 2 is 2.00 bits per heavy atom. The van der Waals surface area contributed by atoms with Crippen molar-refractivity contribution < 1.29 is 9.32 Å². The number of amides is 1. The maximum atomic E-state index is 11.9. The Kier molecular flexibility index (Phi) is 5.69. The van der Waals surface area contributed by atoms with E-state index in [0.717, 1.165) is 24.0 Å². The minimum atomic E-state index is 0.0882. The number of aryl methyl sites for hydroxylation is 1. The van der Waals surface area contributed by atoms with Crippen LogP contribution in [0.4, 0.5) is 0 Å². The molecule has 0 radical (unpaired) electrons. The van der Waals surface area contributed by atoms with Gasteiger partial charge in [-0.2, -0.15) is 4.98 Å². The summed E-state index contributed by atoms with van der Waals surface area (Å²) in [6.07, 6.45) is 2.27. The van der Waals surface area contributed by atoms with E-state index in [9.17, 15) is 4.79 Å². The zero-order chi connectivity index (χ0) is 15.9. The van der Waals surface area contributed by atoms with E-state index in [2.05, 4.69) is 15.5 Å². The lowest BCUT2D eigenvalue weighted by Crippen LogP contribution is -2.31. The normalized spacial score (nSPS) is 10.9. The highest BCUT2D eigenvalue weighted by atomic mass is 16.5. The molecular weight excluding hydrogens is 278 g/mol. The van der Waals surface area contributed by atoms with Crippen LogP contribution in [0.15, 0.2) is 28.8 Å². The van der Waals surface area contributed by atoms with Crippen molar-refractivity contribution in [3.05, 3.63) is 35.7 Å². The molecule has 0 atom stereocenters. The molecule has 2 aromatic rings. The van der Waals surface area contributed by atoms with E-state index in [4.69, 9.17) is 4.52 Å². The Labute approximate surface area is 131 Å². The summed E-state index contributed by atoms with van der Waals surface area (Å²) >= 11 is 0. The second-order valence-corrected chi connectivity index (χ2v) is 5.38. The molecule has 22 heavy (non-hydrogen) atoms. The average Bonchev–Trinajstić information content (AvgIpc) is 2.97. The number of rotatable bonds is 7. The van der Waals surface area contributed by atoms with E-state index in [1.165, 1.54) is 0 Å². The van der Waals surface area contributed by atoms with Gasteiger partial charge in [0.1, 0.15) is 0 Å².